The molecular weight excluding hydrogens is 211 g/mol. The Morgan fingerprint density at radius 3 is 2.44 bits per heavy atom. The van der Waals surface area contributed by atoms with Crippen LogP contribution in [0.2, 0.25) is 0 Å². The highest BCUT2D eigenvalue weighted by Gasteiger charge is 2.46. The molecule has 1 fully saturated rings. The molecule has 5 heteroatoms. The summed E-state index contributed by atoms with van der Waals surface area (Å²) in [4.78, 5) is 25.2. The molecule has 4 nitrogen and oxygen atoms in total. The molecule has 0 aliphatic carbocycles. The third kappa shape index (κ3) is 2.03. The summed E-state index contributed by atoms with van der Waals surface area (Å²) >= 11 is 0. The second kappa shape index (κ2) is 4.39. The molecule has 2 amide bonds. The van der Waals surface area contributed by atoms with Crippen molar-refractivity contribution in [1.82, 2.24) is 10.2 Å². The number of nitrogens with zero attached hydrogens (tertiary/aromatic N) is 1. The molecule has 0 aromatic rings. The molecule has 0 spiro atoms. The van der Waals surface area contributed by atoms with Crippen LogP contribution in [0.4, 0.5) is 4.39 Å². The number of alkyl halides is 1. The maximum atomic E-state index is 12.4. The summed E-state index contributed by atoms with van der Waals surface area (Å²) in [6.07, 6.45) is 0. The summed E-state index contributed by atoms with van der Waals surface area (Å²) in [5.74, 6) is -0.411. The predicted molar refractivity (Wildman–Crippen MR) is 58.5 cm³/mol. The van der Waals surface area contributed by atoms with Crippen LogP contribution in [0.5, 0.6) is 0 Å². The molecule has 1 heterocycles. The van der Waals surface area contributed by atoms with Crippen LogP contribution in [0.1, 0.15) is 27.7 Å². The molecule has 1 aliphatic heterocycles. The van der Waals surface area contributed by atoms with E-state index in [9.17, 15) is 14.0 Å². The summed E-state index contributed by atoms with van der Waals surface area (Å²) in [6, 6.07) is -0.535. The van der Waals surface area contributed by atoms with Gasteiger partial charge < -0.3 is 10.2 Å². The fourth-order valence-electron chi connectivity index (χ4n) is 1.87. The molecular formula is C11H19FN2O2. The van der Waals surface area contributed by atoms with E-state index in [0.717, 1.165) is 0 Å². The van der Waals surface area contributed by atoms with Gasteiger partial charge >= 0.3 is 0 Å². The van der Waals surface area contributed by atoms with Crippen molar-refractivity contribution in [2.24, 2.45) is 5.92 Å². The maximum Gasteiger partial charge on any atom is 0.246 e. The molecule has 0 aromatic heterocycles. The Hall–Kier alpha value is -1.13. The molecule has 1 unspecified atom stereocenters. The minimum Gasteiger partial charge on any atom is -0.342 e. The van der Waals surface area contributed by atoms with Crippen LogP contribution < -0.4 is 5.32 Å². The van der Waals surface area contributed by atoms with E-state index in [1.54, 1.807) is 13.8 Å². The van der Waals surface area contributed by atoms with Gasteiger partial charge in [-0.3, -0.25) is 9.59 Å². The van der Waals surface area contributed by atoms with E-state index in [0.29, 0.717) is 0 Å². The summed E-state index contributed by atoms with van der Waals surface area (Å²) in [7, 11) is 0. The lowest BCUT2D eigenvalue weighted by Gasteiger charge is -2.44. The predicted octanol–water partition coefficient (Wildman–Crippen LogP) is 0.717. The lowest BCUT2D eigenvalue weighted by atomic mass is 9.91. The number of hydrogen-bond acceptors (Lipinski definition) is 2. The quantitative estimate of drug-likeness (QED) is 0.776. The van der Waals surface area contributed by atoms with E-state index in [4.69, 9.17) is 0 Å². The molecule has 0 aromatic carbocycles. The molecule has 0 saturated carbocycles. The molecule has 0 radical (unpaired) electrons. The van der Waals surface area contributed by atoms with Gasteiger partial charge in [-0.05, 0) is 19.8 Å². The third-order valence-corrected chi connectivity index (χ3v) is 3.02. The number of halogens is 1. The first-order valence-electron chi connectivity index (χ1n) is 5.50. The fraction of sp³-hybridized carbons (Fsp3) is 0.818. The largest absolute Gasteiger partial charge is 0.342 e. The molecule has 1 N–H and O–H groups in total. The highest BCUT2D eigenvalue weighted by atomic mass is 19.1. The third-order valence-electron chi connectivity index (χ3n) is 3.02. The van der Waals surface area contributed by atoms with Gasteiger partial charge in [-0.1, -0.05) is 13.8 Å². The van der Waals surface area contributed by atoms with Crippen molar-refractivity contribution in [3.8, 4) is 0 Å². The maximum absolute atomic E-state index is 12.4. The molecule has 1 saturated heterocycles. The summed E-state index contributed by atoms with van der Waals surface area (Å²) in [6.45, 7) is 6.32. The van der Waals surface area contributed by atoms with Crippen LogP contribution in [-0.4, -0.2) is 41.5 Å². The van der Waals surface area contributed by atoms with Gasteiger partial charge in [0.25, 0.3) is 0 Å². The highest BCUT2D eigenvalue weighted by Crippen LogP contribution is 2.23. The van der Waals surface area contributed by atoms with Gasteiger partial charge in [0.05, 0.1) is 6.54 Å². The van der Waals surface area contributed by atoms with Crippen molar-refractivity contribution in [3.05, 3.63) is 0 Å². The molecule has 1 aliphatic rings. The second-order valence-electron chi connectivity index (χ2n) is 4.93. The highest BCUT2D eigenvalue weighted by molar-refractivity contribution is 5.99. The Morgan fingerprint density at radius 1 is 1.44 bits per heavy atom. The van der Waals surface area contributed by atoms with Gasteiger partial charge in [-0.25, -0.2) is 4.39 Å². The Bertz CT molecular complexity index is 302. The van der Waals surface area contributed by atoms with Gasteiger partial charge in [0.15, 0.2) is 0 Å². The lowest BCUT2D eigenvalue weighted by Crippen LogP contribution is -2.69. The molecule has 92 valence electrons. The standard InChI is InChI=1S/C11H19FN2O2/c1-7(2)8-9(15)14(6-5-12)11(3,4)10(16)13-8/h7-8H,5-6H2,1-4H3,(H,13,16). The van der Waals surface area contributed by atoms with Crippen LogP contribution in [0, 0.1) is 5.92 Å². The second-order valence-corrected chi connectivity index (χ2v) is 4.93. The van der Waals surface area contributed by atoms with Crippen molar-refractivity contribution in [2.75, 3.05) is 13.2 Å². The van der Waals surface area contributed by atoms with Crippen molar-refractivity contribution >= 4 is 11.8 Å². The SMILES string of the molecule is CC(C)C1NC(=O)C(C)(C)N(CCF)C1=O. The first-order chi connectivity index (χ1) is 7.32. The van der Waals surface area contributed by atoms with Crippen molar-refractivity contribution in [3.63, 3.8) is 0 Å². The van der Waals surface area contributed by atoms with E-state index in [-0.39, 0.29) is 24.3 Å². The number of carbonyl (C=O) groups is 2. The summed E-state index contributed by atoms with van der Waals surface area (Å²) in [5.41, 5.74) is -0.964. The lowest BCUT2D eigenvalue weighted by molar-refractivity contribution is -0.156. The van der Waals surface area contributed by atoms with Gasteiger partial charge in [0, 0.05) is 0 Å². The first kappa shape index (κ1) is 12.9. The van der Waals surface area contributed by atoms with E-state index in [1.807, 2.05) is 13.8 Å². The average molecular weight is 230 g/mol. The van der Waals surface area contributed by atoms with Crippen LogP contribution in [0.3, 0.4) is 0 Å². The van der Waals surface area contributed by atoms with Crippen LogP contribution in [-0.2, 0) is 9.59 Å². The first-order valence-corrected chi connectivity index (χ1v) is 5.50. The number of hydrogen-bond donors (Lipinski definition) is 1. The van der Waals surface area contributed by atoms with Gasteiger partial charge in [-0.15, -0.1) is 0 Å². The zero-order valence-electron chi connectivity index (χ0n) is 10.2. The van der Waals surface area contributed by atoms with Crippen molar-refractivity contribution in [2.45, 2.75) is 39.3 Å². The molecule has 16 heavy (non-hydrogen) atoms. The normalized spacial score (nSPS) is 24.9. The van der Waals surface area contributed by atoms with E-state index in [1.165, 1.54) is 4.90 Å². The van der Waals surface area contributed by atoms with Crippen LogP contribution in [0.25, 0.3) is 0 Å². The van der Waals surface area contributed by atoms with Crippen LogP contribution in [0.15, 0.2) is 0 Å². The number of amides is 2. The minimum absolute atomic E-state index is 0.00895. The number of carbonyl (C=O) groups excluding carboxylic acids is 2. The number of rotatable bonds is 3. The smallest absolute Gasteiger partial charge is 0.246 e. The van der Waals surface area contributed by atoms with E-state index in [2.05, 4.69) is 5.32 Å². The summed E-state index contributed by atoms with van der Waals surface area (Å²) < 4.78 is 12.4. The van der Waals surface area contributed by atoms with Crippen LogP contribution >= 0.6 is 0 Å². The topological polar surface area (TPSA) is 49.4 Å². The summed E-state index contributed by atoms with van der Waals surface area (Å²) in [5, 5.41) is 2.69. The Morgan fingerprint density at radius 2 is 2.00 bits per heavy atom. The number of piperazine rings is 1. The van der Waals surface area contributed by atoms with E-state index < -0.39 is 18.3 Å². The molecule has 1 atom stereocenters. The Labute approximate surface area is 95.2 Å². The number of nitrogens with one attached hydrogen (secondary N) is 1. The molecule has 0 bridgehead atoms. The monoisotopic (exact) mass is 230 g/mol. The van der Waals surface area contributed by atoms with Gasteiger partial charge in [0.2, 0.25) is 11.8 Å². The minimum atomic E-state index is -0.964. The van der Waals surface area contributed by atoms with E-state index >= 15 is 0 Å². The fourth-order valence-corrected chi connectivity index (χ4v) is 1.87. The molecule has 1 rings (SSSR count). The van der Waals surface area contributed by atoms with Gasteiger partial charge in [-0.2, -0.15) is 0 Å². The van der Waals surface area contributed by atoms with Gasteiger partial charge in [0.1, 0.15) is 18.3 Å². The Balaban J connectivity index is 2.99. The average Bonchev–Trinajstić information content (AvgIpc) is 2.18. The van der Waals surface area contributed by atoms with Crippen molar-refractivity contribution < 1.29 is 14.0 Å². The van der Waals surface area contributed by atoms with Crippen molar-refractivity contribution in [1.29, 1.82) is 0 Å². The zero-order chi connectivity index (χ0) is 12.5. The zero-order valence-corrected chi connectivity index (χ0v) is 10.2. The Kier molecular flexibility index (Phi) is 3.55.